The highest BCUT2D eigenvalue weighted by Crippen LogP contribution is 2.26. The molecule has 0 heterocycles. The van der Waals surface area contributed by atoms with E-state index in [0.29, 0.717) is 23.4 Å². The third-order valence-electron chi connectivity index (χ3n) is 2.03. The van der Waals surface area contributed by atoms with Crippen molar-refractivity contribution in [1.29, 1.82) is 0 Å². The number of hydrogen-bond donors (Lipinski definition) is 2. The molecule has 1 amide bonds. The van der Waals surface area contributed by atoms with Crippen LogP contribution in [0.4, 0.5) is 0 Å². The van der Waals surface area contributed by atoms with E-state index in [-0.39, 0.29) is 17.2 Å². The summed E-state index contributed by atoms with van der Waals surface area (Å²) in [6, 6.07) is 2.92. The maximum atomic E-state index is 10.7. The number of benzene rings is 1. The van der Waals surface area contributed by atoms with Crippen molar-refractivity contribution in [2.24, 2.45) is 0 Å². The summed E-state index contributed by atoms with van der Waals surface area (Å²) in [5, 5.41) is 12.6. The number of phenols is 1. The number of rotatable bonds is 4. The van der Waals surface area contributed by atoms with Crippen molar-refractivity contribution in [2.45, 2.75) is 6.92 Å². The SMILES string of the molecule is CC(=O)NCC=Cc1cc(Cl)cc(C=O)c1O. The van der Waals surface area contributed by atoms with Crippen molar-refractivity contribution >= 4 is 29.9 Å². The normalized spacial score (nSPS) is 10.5. The van der Waals surface area contributed by atoms with Crippen molar-refractivity contribution < 1.29 is 14.7 Å². The van der Waals surface area contributed by atoms with Gasteiger partial charge in [-0.1, -0.05) is 23.8 Å². The summed E-state index contributed by atoms with van der Waals surface area (Å²) in [5.74, 6) is -0.262. The fraction of sp³-hybridized carbons (Fsp3) is 0.167. The Balaban J connectivity index is 2.87. The molecule has 1 aromatic carbocycles. The van der Waals surface area contributed by atoms with E-state index >= 15 is 0 Å². The molecular weight excluding hydrogens is 242 g/mol. The summed E-state index contributed by atoms with van der Waals surface area (Å²) in [4.78, 5) is 21.3. The van der Waals surface area contributed by atoms with Crippen LogP contribution in [-0.2, 0) is 4.79 Å². The number of amides is 1. The smallest absolute Gasteiger partial charge is 0.217 e. The number of phenolic OH excluding ortho intramolecular Hbond substituents is 1. The van der Waals surface area contributed by atoms with E-state index in [1.165, 1.54) is 19.1 Å². The number of hydrogen-bond acceptors (Lipinski definition) is 3. The molecule has 5 heteroatoms. The molecule has 2 N–H and O–H groups in total. The highest BCUT2D eigenvalue weighted by molar-refractivity contribution is 6.31. The van der Waals surface area contributed by atoms with Crippen LogP contribution in [0.3, 0.4) is 0 Å². The summed E-state index contributed by atoms with van der Waals surface area (Å²) in [7, 11) is 0. The zero-order chi connectivity index (χ0) is 12.8. The van der Waals surface area contributed by atoms with Gasteiger partial charge in [0.2, 0.25) is 5.91 Å². The van der Waals surface area contributed by atoms with Crippen LogP contribution in [0.25, 0.3) is 6.08 Å². The van der Waals surface area contributed by atoms with Crippen molar-refractivity contribution in [1.82, 2.24) is 5.32 Å². The van der Waals surface area contributed by atoms with Gasteiger partial charge in [-0.05, 0) is 12.1 Å². The fourth-order valence-corrected chi connectivity index (χ4v) is 1.48. The lowest BCUT2D eigenvalue weighted by molar-refractivity contribution is -0.118. The lowest BCUT2D eigenvalue weighted by Crippen LogP contribution is -2.19. The van der Waals surface area contributed by atoms with Crippen molar-refractivity contribution in [2.75, 3.05) is 6.54 Å². The van der Waals surface area contributed by atoms with Gasteiger partial charge in [-0.25, -0.2) is 0 Å². The number of nitrogens with one attached hydrogen (secondary N) is 1. The largest absolute Gasteiger partial charge is 0.507 e. The molecule has 1 aromatic rings. The monoisotopic (exact) mass is 253 g/mol. The Labute approximate surface area is 104 Å². The van der Waals surface area contributed by atoms with Crippen LogP contribution in [-0.4, -0.2) is 23.8 Å². The van der Waals surface area contributed by atoms with Gasteiger partial charge in [0.05, 0.1) is 5.56 Å². The quantitative estimate of drug-likeness (QED) is 0.807. The molecule has 0 spiro atoms. The molecule has 4 nitrogen and oxygen atoms in total. The summed E-state index contributed by atoms with van der Waals surface area (Å²) in [6.45, 7) is 1.76. The van der Waals surface area contributed by atoms with E-state index < -0.39 is 0 Å². The van der Waals surface area contributed by atoms with Crippen molar-refractivity contribution in [3.05, 3.63) is 34.4 Å². The predicted octanol–water partition coefficient (Wildman–Crippen LogP) is 2.01. The maximum Gasteiger partial charge on any atom is 0.217 e. The van der Waals surface area contributed by atoms with E-state index in [4.69, 9.17) is 11.6 Å². The van der Waals surface area contributed by atoms with E-state index in [1.54, 1.807) is 12.2 Å². The van der Waals surface area contributed by atoms with E-state index in [1.807, 2.05) is 0 Å². The van der Waals surface area contributed by atoms with Gasteiger partial charge in [0.25, 0.3) is 0 Å². The Bertz CT molecular complexity index is 469. The van der Waals surface area contributed by atoms with Gasteiger partial charge in [-0.3, -0.25) is 9.59 Å². The number of halogens is 1. The van der Waals surface area contributed by atoms with Crippen LogP contribution in [0.2, 0.25) is 5.02 Å². The topological polar surface area (TPSA) is 66.4 Å². The molecule has 0 aliphatic rings. The molecule has 0 atom stereocenters. The van der Waals surface area contributed by atoms with Gasteiger partial charge in [-0.2, -0.15) is 0 Å². The molecule has 0 saturated heterocycles. The average molecular weight is 254 g/mol. The standard InChI is InChI=1S/C12H12ClNO3/c1-8(16)14-4-2-3-9-5-11(13)6-10(7-15)12(9)17/h2-3,5-7,17H,4H2,1H3,(H,14,16). The number of aldehydes is 1. The summed E-state index contributed by atoms with van der Waals surface area (Å²) in [6.07, 6.45) is 3.78. The van der Waals surface area contributed by atoms with E-state index in [2.05, 4.69) is 5.32 Å². The molecule has 0 aromatic heterocycles. The lowest BCUT2D eigenvalue weighted by Gasteiger charge is -2.03. The second-order valence-electron chi connectivity index (χ2n) is 3.39. The maximum absolute atomic E-state index is 10.7. The number of aromatic hydroxyl groups is 1. The van der Waals surface area contributed by atoms with Gasteiger partial charge in [0.15, 0.2) is 6.29 Å². The zero-order valence-corrected chi connectivity index (χ0v) is 9.99. The Kier molecular flexibility index (Phi) is 4.72. The predicted molar refractivity (Wildman–Crippen MR) is 66.2 cm³/mol. The molecule has 90 valence electrons. The van der Waals surface area contributed by atoms with Gasteiger partial charge >= 0.3 is 0 Å². The fourth-order valence-electron chi connectivity index (χ4n) is 1.25. The van der Waals surface area contributed by atoms with Gasteiger partial charge in [0.1, 0.15) is 5.75 Å². The Hall–Kier alpha value is -1.81. The molecule has 0 aliphatic heterocycles. The molecular formula is C12H12ClNO3. The Morgan fingerprint density at radius 3 is 2.71 bits per heavy atom. The van der Waals surface area contributed by atoms with Crippen LogP contribution in [0, 0.1) is 0 Å². The lowest BCUT2D eigenvalue weighted by atomic mass is 10.1. The first kappa shape index (κ1) is 13.3. The third-order valence-corrected chi connectivity index (χ3v) is 2.25. The van der Waals surface area contributed by atoms with Gasteiger partial charge < -0.3 is 10.4 Å². The summed E-state index contributed by atoms with van der Waals surface area (Å²) >= 11 is 5.79. The average Bonchev–Trinajstić information content (AvgIpc) is 2.28. The van der Waals surface area contributed by atoms with Crippen LogP contribution in [0.5, 0.6) is 5.75 Å². The second-order valence-corrected chi connectivity index (χ2v) is 3.83. The molecule has 17 heavy (non-hydrogen) atoms. The Morgan fingerprint density at radius 2 is 2.12 bits per heavy atom. The highest BCUT2D eigenvalue weighted by Gasteiger charge is 2.06. The minimum Gasteiger partial charge on any atom is -0.507 e. The number of carbonyl (C=O) groups excluding carboxylic acids is 2. The van der Waals surface area contributed by atoms with Crippen LogP contribution in [0.15, 0.2) is 18.2 Å². The number of carbonyl (C=O) groups is 2. The molecule has 0 radical (unpaired) electrons. The van der Waals surface area contributed by atoms with Gasteiger partial charge in [-0.15, -0.1) is 0 Å². The summed E-state index contributed by atoms with van der Waals surface area (Å²) in [5.41, 5.74) is 0.571. The second kappa shape index (κ2) is 6.06. The highest BCUT2D eigenvalue weighted by atomic mass is 35.5. The van der Waals surface area contributed by atoms with Gasteiger partial charge in [0, 0.05) is 24.1 Å². The molecule has 0 unspecified atom stereocenters. The molecule has 0 saturated carbocycles. The molecule has 0 fully saturated rings. The third kappa shape index (κ3) is 3.92. The van der Waals surface area contributed by atoms with Crippen molar-refractivity contribution in [3.8, 4) is 5.75 Å². The van der Waals surface area contributed by atoms with E-state index in [0.717, 1.165) is 0 Å². The Morgan fingerprint density at radius 1 is 1.47 bits per heavy atom. The molecule has 0 bridgehead atoms. The first-order valence-corrected chi connectivity index (χ1v) is 5.31. The minimum absolute atomic E-state index is 0.122. The van der Waals surface area contributed by atoms with Crippen molar-refractivity contribution in [3.63, 3.8) is 0 Å². The minimum atomic E-state index is -0.140. The summed E-state index contributed by atoms with van der Waals surface area (Å²) < 4.78 is 0. The first-order valence-electron chi connectivity index (χ1n) is 4.93. The molecule has 1 rings (SSSR count). The molecule has 0 aliphatic carbocycles. The van der Waals surface area contributed by atoms with Crippen LogP contribution >= 0.6 is 11.6 Å². The van der Waals surface area contributed by atoms with Crippen LogP contribution < -0.4 is 5.32 Å². The van der Waals surface area contributed by atoms with Crippen LogP contribution in [0.1, 0.15) is 22.8 Å². The van der Waals surface area contributed by atoms with E-state index in [9.17, 15) is 14.7 Å². The first-order chi connectivity index (χ1) is 8.04. The zero-order valence-electron chi connectivity index (χ0n) is 9.24.